The van der Waals surface area contributed by atoms with Crippen molar-refractivity contribution in [2.75, 3.05) is 31.2 Å². The lowest BCUT2D eigenvalue weighted by Gasteiger charge is -2.41. The number of carbonyl (C=O) groups excluding carboxylic acids is 1. The zero-order valence-electron chi connectivity index (χ0n) is 15.4. The Kier molecular flexibility index (Phi) is 5.69. The summed E-state index contributed by atoms with van der Waals surface area (Å²) in [6.45, 7) is 1.45. The average molecular weight is 395 g/mol. The maximum absolute atomic E-state index is 12.6. The van der Waals surface area contributed by atoms with Crippen molar-refractivity contribution in [3.8, 4) is 0 Å². The van der Waals surface area contributed by atoms with Gasteiger partial charge in [0.15, 0.2) is 9.84 Å². The van der Waals surface area contributed by atoms with E-state index >= 15 is 0 Å². The van der Waals surface area contributed by atoms with Crippen molar-refractivity contribution in [2.24, 2.45) is 11.8 Å². The van der Waals surface area contributed by atoms with E-state index in [1.54, 1.807) is 0 Å². The third-order valence-corrected chi connectivity index (χ3v) is 6.78. The van der Waals surface area contributed by atoms with Crippen LogP contribution in [-0.4, -0.2) is 50.0 Å². The normalized spacial score (nSPS) is 22.8. The minimum atomic E-state index is -3.54. The molecule has 0 radical (unpaired) electrons. The molecule has 8 nitrogen and oxygen atoms in total. The number of carbonyl (C=O) groups is 1. The molecule has 0 bridgehead atoms. The van der Waals surface area contributed by atoms with Gasteiger partial charge in [0.05, 0.1) is 16.4 Å². The third-order valence-electron chi connectivity index (χ3n) is 5.67. The van der Waals surface area contributed by atoms with Crippen LogP contribution in [0.1, 0.15) is 32.1 Å². The van der Waals surface area contributed by atoms with E-state index in [2.05, 4.69) is 5.32 Å². The molecule has 0 spiro atoms. The van der Waals surface area contributed by atoms with Gasteiger partial charge >= 0.3 is 0 Å². The zero-order valence-corrected chi connectivity index (χ0v) is 16.2. The molecule has 3 rings (SSSR count). The van der Waals surface area contributed by atoms with Gasteiger partial charge in [-0.05, 0) is 36.8 Å². The van der Waals surface area contributed by atoms with E-state index in [9.17, 15) is 23.3 Å². The molecule has 1 aliphatic carbocycles. The number of sulfone groups is 1. The summed E-state index contributed by atoms with van der Waals surface area (Å²) in [7, 11) is -3.54. The number of hydrogen-bond donors (Lipinski definition) is 1. The minimum absolute atomic E-state index is 0.0452. The predicted molar refractivity (Wildman–Crippen MR) is 101 cm³/mol. The summed E-state index contributed by atoms with van der Waals surface area (Å²) in [6.07, 6.45) is 6.95. The molecular weight excluding hydrogens is 370 g/mol. The van der Waals surface area contributed by atoms with E-state index in [-0.39, 0.29) is 28.7 Å². The van der Waals surface area contributed by atoms with Gasteiger partial charge in [-0.25, -0.2) is 8.42 Å². The molecule has 1 aromatic carbocycles. The number of benzene rings is 1. The van der Waals surface area contributed by atoms with Crippen LogP contribution in [0.5, 0.6) is 0 Å². The van der Waals surface area contributed by atoms with Gasteiger partial charge in [0.25, 0.3) is 5.69 Å². The van der Waals surface area contributed by atoms with Gasteiger partial charge in [0, 0.05) is 25.4 Å². The molecule has 2 aliphatic rings. The summed E-state index contributed by atoms with van der Waals surface area (Å²) in [5.74, 6) is 1.21. The second-order valence-corrected chi connectivity index (χ2v) is 9.51. The number of amides is 1. The highest BCUT2D eigenvalue weighted by Gasteiger charge is 2.32. The Hall–Kier alpha value is -2.16. The number of nitro groups is 1. The number of nitrogens with zero attached hydrogens (tertiary/aromatic N) is 2. The van der Waals surface area contributed by atoms with Crippen LogP contribution in [0.15, 0.2) is 23.1 Å². The Morgan fingerprint density at radius 1 is 1.26 bits per heavy atom. The Bertz CT molecular complexity index is 839. The van der Waals surface area contributed by atoms with Crippen LogP contribution in [0, 0.1) is 22.0 Å². The van der Waals surface area contributed by atoms with Crippen molar-refractivity contribution in [3.63, 3.8) is 0 Å². The monoisotopic (exact) mass is 395 g/mol. The number of rotatable bonds is 5. The van der Waals surface area contributed by atoms with Crippen LogP contribution < -0.4 is 5.32 Å². The summed E-state index contributed by atoms with van der Waals surface area (Å²) in [5.41, 5.74) is -0.204. The Labute approximate surface area is 159 Å². The molecule has 1 heterocycles. The highest BCUT2D eigenvalue weighted by atomic mass is 32.2. The van der Waals surface area contributed by atoms with E-state index in [1.807, 2.05) is 4.90 Å². The number of likely N-dealkylation sites (tertiary alicyclic amines) is 1. The summed E-state index contributed by atoms with van der Waals surface area (Å²) in [6, 6.07) is 3.67. The first-order valence-electron chi connectivity index (χ1n) is 9.26. The molecule has 1 aliphatic heterocycles. The predicted octanol–water partition coefficient (Wildman–Crippen LogP) is 2.45. The van der Waals surface area contributed by atoms with Crippen molar-refractivity contribution >= 4 is 27.1 Å². The zero-order chi connectivity index (χ0) is 19.6. The van der Waals surface area contributed by atoms with Crippen molar-refractivity contribution in [1.82, 2.24) is 4.90 Å². The van der Waals surface area contributed by atoms with Gasteiger partial charge in [-0.3, -0.25) is 14.9 Å². The first kappa shape index (κ1) is 19.6. The molecule has 148 valence electrons. The fourth-order valence-electron chi connectivity index (χ4n) is 4.15. The molecular formula is C18H25N3O5S. The molecule has 1 saturated heterocycles. The number of hydrogen-bond acceptors (Lipinski definition) is 6. The maximum Gasteiger partial charge on any atom is 0.293 e. The second kappa shape index (κ2) is 7.84. The molecule has 0 unspecified atom stereocenters. The highest BCUT2D eigenvalue weighted by Crippen LogP contribution is 2.36. The minimum Gasteiger partial charge on any atom is -0.371 e. The second-order valence-electron chi connectivity index (χ2n) is 7.49. The molecule has 1 amide bonds. The summed E-state index contributed by atoms with van der Waals surface area (Å²) >= 11 is 0. The number of nitrogens with one attached hydrogen (secondary N) is 1. The standard InChI is InChI=1S/C18H25N3O5S/c1-27(25,26)15-6-7-16(17(10-15)21(23)24)19-11-18(22)20-9-8-13-4-2-3-5-14(13)12-20/h6-7,10,13-14,19H,2-5,8-9,11-12H2,1H3/t13-,14+/m0/s1. The maximum atomic E-state index is 12.6. The molecule has 1 saturated carbocycles. The summed E-state index contributed by atoms with van der Waals surface area (Å²) in [4.78, 5) is 24.9. The number of piperidine rings is 1. The van der Waals surface area contributed by atoms with E-state index < -0.39 is 14.8 Å². The molecule has 27 heavy (non-hydrogen) atoms. The van der Waals surface area contributed by atoms with Crippen molar-refractivity contribution in [3.05, 3.63) is 28.3 Å². The van der Waals surface area contributed by atoms with Crippen LogP contribution in [0.3, 0.4) is 0 Å². The van der Waals surface area contributed by atoms with Gasteiger partial charge in [0.2, 0.25) is 5.91 Å². The first-order chi connectivity index (χ1) is 12.8. The molecule has 1 aromatic rings. The van der Waals surface area contributed by atoms with E-state index in [0.29, 0.717) is 5.92 Å². The van der Waals surface area contributed by atoms with Gasteiger partial charge in [-0.15, -0.1) is 0 Å². The lowest BCUT2D eigenvalue weighted by atomic mass is 9.75. The molecule has 2 fully saturated rings. The number of nitro benzene ring substituents is 1. The first-order valence-corrected chi connectivity index (χ1v) is 11.1. The largest absolute Gasteiger partial charge is 0.371 e. The van der Waals surface area contributed by atoms with Crippen LogP contribution in [0.25, 0.3) is 0 Å². The highest BCUT2D eigenvalue weighted by molar-refractivity contribution is 7.90. The topological polar surface area (TPSA) is 110 Å². The van der Waals surface area contributed by atoms with Crippen molar-refractivity contribution in [2.45, 2.75) is 37.0 Å². The SMILES string of the molecule is CS(=O)(=O)c1ccc(NCC(=O)N2CC[C@@H]3CCCC[C@@H]3C2)c([N+](=O)[O-])c1. The van der Waals surface area contributed by atoms with Crippen molar-refractivity contribution in [1.29, 1.82) is 0 Å². The number of anilines is 1. The smallest absolute Gasteiger partial charge is 0.293 e. The fraction of sp³-hybridized carbons (Fsp3) is 0.611. The fourth-order valence-corrected chi connectivity index (χ4v) is 4.79. The van der Waals surface area contributed by atoms with Gasteiger partial charge < -0.3 is 10.2 Å². The van der Waals surface area contributed by atoms with Gasteiger partial charge in [-0.1, -0.05) is 19.3 Å². The van der Waals surface area contributed by atoms with Gasteiger partial charge in [0.1, 0.15) is 5.69 Å². The molecule has 1 N–H and O–H groups in total. The van der Waals surface area contributed by atoms with Crippen LogP contribution >= 0.6 is 0 Å². The Balaban J connectivity index is 1.65. The van der Waals surface area contributed by atoms with Gasteiger partial charge in [-0.2, -0.15) is 0 Å². The van der Waals surface area contributed by atoms with E-state index in [0.717, 1.165) is 37.8 Å². The summed E-state index contributed by atoms with van der Waals surface area (Å²) in [5, 5.41) is 14.1. The molecule has 2 atom stereocenters. The lowest BCUT2D eigenvalue weighted by molar-refractivity contribution is -0.384. The Morgan fingerprint density at radius 2 is 1.96 bits per heavy atom. The number of fused-ring (bicyclic) bond motifs is 1. The summed E-state index contributed by atoms with van der Waals surface area (Å²) < 4.78 is 23.2. The average Bonchev–Trinajstić information content (AvgIpc) is 2.64. The Morgan fingerprint density at radius 3 is 2.63 bits per heavy atom. The van der Waals surface area contributed by atoms with E-state index in [4.69, 9.17) is 0 Å². The molecule has 0 aromatic heterocycles. The quantitative estimate of drug-likeness (QED) is 0.606. The van der Waals surface area contributed by atoms with Crippen LogP contribution in [0.4, 0.5) is 11.4 Å². The lowest BCUT2D eigenvalue weighted by Crippen LogP contribution is -2.46. The van der Waals surface area contributed by atoms with Crippen LogP contribution in [0.2, 0.25) is 0 Å². The van der Waals surface area contributed by atoms with Crippen molar-refractivity contribution < 1.29 is 18.1 Å². The van der Waals surface area contributed by atoms with E-state index in [1.165, 1.54) is 37.8 Å². The molecule has 9 heteroatoms. The third kappa shape index (κ3) is 4.58. The van der Waals surface area contributed by atoms with Crippen LogP contribution in [-0.2, 0) is 14.6 Å².